The van der Waals surface area contributed by atoms with Crippen molar-refractivity contribution in [2.45, 2.75) is 25.8 Å². The Balaban J connectivity index is 2.18. The highest BCUT2D eigenvalue weighted by molar-refractivity contribution is 6.18. The molecule has 2 rings (SSSR count). The van der Waals surface area contributed by atoms with Crippen molar-refractivity contribution in [2.75, 3.05) is 12.4 Å². The Morgan fingerprint density at radius 1 is 1.69 bits per heavy atom. The number of rotatable bonds is 4. The molecule has 0 atom stereocenters. The van der Waals surface area contributed by atoms with Crippen LogP contribution in [0.2, 0.25) is 0 Å². The summed E-state index contributed by atoms with van der Waals surface area (Å²) in [5, 5.41) is 4.19. The van der Waals surface area contributed by atoms with Crippen LogP contribution < -0.4 is 0 Å². The van der Waals surface area contributed by atoms with E-state index >= 15 is 0 Å². The van der Waals surface area contributed by atoms with E-state index in [9.17, 15) is 4.79 Å². The molecule has 1 saturated carbocycles. The van der Waals surface area contributed by atoms with Crippen LogP contribution in [0.5, 0.6) is 0 Å². The first-order valence-corrected chi connectivity index (χ1v) is 6.04. The molecule has 4 nitrogen and oxygen atoms in total. The summed E-state index contributed by atoms with van der Waals surface area (Å²) in [5.74, 6) is 0.533. The zero-order valence-corrected chi connectivity index (χ0v) is 10.4. The van der Waals surface area contributed by atoms with Gasteiger partial charge in [0, 0.05) is 25.5 Å². The highest BCUT2D eigenvalue weighted by Gasteiger charge is 2.33. The van der Waals surface area contributed by atoms with E-state index in [1.54, 1.807) is 11.7 Å². The number of alkyl halides is 1. The SMILES string of the molecule is Cc1cc(C(=O)N(CCCl)C2CC2)n(C)n1. The number of halogens is 1. The fraction of sp³-hybridized carbons (Fsp3) is 0.636. The molecule has 1 heterocycles. The Bertz CT molecular complexity index is 398. The maximum Gasteiger partial charge on any atom is 0.272 e. The summed E-state index contributed by atoms with van der Waals surface area (Å²) in [5.41, 5.74) is 1.52. The van der Waals surface area contributed by atoms with E-state index in [1.165, 1.54) is 0 Å². The van der Waals surface area contributed by atoms with Crippen molar-refractivity contribution < 1.29 is 4.79 Å². The van der Waals surface area contributed by atoms with Crippen LogP contribution in [0.25, 0.3) is 0 Å². The Morgan fingerprint density at radius 2 is 2.38 bits per heavy atom. The lowest BCUT2D eigenvalue weighted by Crippen LogP contribution is -2.35. The monoisotopic (exact) mass is 241 g/mol. The van der Waals surface area contributed by atoms with Crippen molar-refractivity contribution in [1.29, 1.82) is 0 Å². The van der Waals surface area contributed by atoms with Gasteiger partial charge < -0.3 is 4.90 Å². The van der Waals surface area contributed by atoms with Gasteiger partial charge in [-0.2, -0.15) is 5.10 Å². The summed E-state index contributed by atoms with van der Waals surface area (Å²) >= 11 is 5.73. The number of hydrogen-bond donors (Lipinski definition) is 0. The molecule has 1 aromatic heterocycles. The van der Waals surface area contributed by atoms with Gasteiger partial charge in [0.2, 0.25) is 0 Å². The van der Waals surface area contributed by atoms with Crippen molar-refractivity contribution in [3.63, 3.8) is 0 Å². The first-order chi connectivity index (χ1) is 7.63. The smallest absolute Gasteiger partial charge is 0.272 e. The Morgan fingerprint density at radius 3 is 2.81 bits per heavy atom. The third-order valence-corrected chi connectivity index (χ3v) is 2.96. The van der Waals surface area contributed by atoms with E-state index in [1.807, 2.05) is 17.9 Å². The number of hydrogen-bond acceptors (Lipinski definition) is 2. The first kappa shape index (κ1) is 11.5. The fourth-order valence-electron chi connectivity index (χ4n) is 1.89. The van der Waals surface area contributed by atoms with Crippen molar-refractivity contribution in [2.24, 2.45) is 7.05 Å². The average Bonchev–Trinajstić information content (AvgIpc) is 3.00. The van der Waals surface area contributed by atoms with Crippen LogP contribution in [0.15, 0.2) is 6.07 Å². The average molecular weight is 242 g/mol. The second-order valence-corrected chi connectivity index (χ2v) is 4.59. The minimum Gasteiger partial charge on any atom is -0.333 e. The Hall–Kier alpha value is -1.03. The molecule has 0 spiro atoms. The molecule has 0 aliphatic heterocycles. The van der Waals surface area contributed by atoms with E-state index < -0.39 is 0 Å². The maximum atomic E-state index is 12.3. The molecule has 0 bridgehead atoms. The van der Waals surface area contributed by atoms with Crippen LogP contribution in [0.4, 0.5) is 0 Å². The molecule has 1 aromatic rings. The van der Waals surface area contributed by atoms with Crippen molar-refractivity contribution in [3.8, 4) is 0 Å². The van der Waals surface area contributed by atoms with E-state index in [2.05, 4.69) is 5.10 Å². The second kappa shape index (κ2) is 4.45. The van der Waals surface area contributed by atoms with Gasteiger partial charge in [-0.3, -0.25) is 9.48 Å². The van der Waals surface area contributed by atoms with Crippen LogP contribution in [-0.2, 0) is 7.05 Å². The van der Waals surface area contributed by atoms with Gasteiger partial charge >= 0.3 is 0 Å². The molecule has 5 heteroatoms. The lowest BCUT2D eigenvalue weighted by molar-refractivity contribution is 0.0742. The van der Waals surface area contributed by atoms with Crippen molar-refractivity contribution in [1.82, 2.24) is 14.7 Å². The molecule has 1 aliphatic carbocycles. The third-order valence-electron chi connectivity index (χ3n) is 2.80. The zero-order valence-electron chi connectivity index (χ0n) is 9.61. The Labute approximate surface area is 100 Å². The molecule has 1 amide bonds. The fourth-order valence-corrected chi connectivity index (χ4v) is 2.07. The molecule has 0 N–H and O–H groups in total. The Kier molecular flexibility index (Phi) is 3.19. The molecule has 16 heavy (non-hydrogen) atoms. The first-order valence-electron chi connectivity index (χ1n) is 5.51. The van der Waals surface area contributed by atoms with Crippen LogP contribution in [0, 0.1) is 6.92 Å². The van der Waals surface area contributed by atoms with E-state index in [0.717, 1.165) is 18.5 Å². The van der Waals surface area contributed by atoms with Gasteiger partial charge in [0.25, 0.3) is 5.91 Å². The molecular weight excluding hydrogens is 226 g/mol. The molecular formula is C11H16ClN3O. The van der Waals surface area contributed by atoms with E-state index in [-0.39, 0.29) is 5.91 Å². The van der Waals surface area contributed by atoms with Crippen LogP contribution in [0.3, 0.4) is 0 Å². The van der Waals surface area contributed by atoms with Gasteiger partial charge in [0.15, 0.2) is 0 Å². The summed E-state index contributed by atoms with van der Waals surface area (Å²) in [6.45, 7) is 2.51. The highest BCUT2D eigenvalue weighted by atomic mass is 35.5. The van der Waals surface area contributed by atoms with Crippen molar-refractivity contribution in [3.05, 3.63) is 17.5 Å². The zero-order chi connectivity index (χ0) is 11.7. The van der Waals surface area contributed by atoms with Gasteiger partial charge in [-0.25, -0.2) is 0 Å². The van der Waals surface area contributed by atoms with E-state index in [4.69, 9.17) is 11.6 Å². The quantitative estimate of drug-likeness (QED) is 0.751. The summed E-state index contributed by atoms with van der Waals surface area (Å²) in [7, 11) is 1.80. The van der Waals surface area contributed by atoms with Crippen LogP contribution in [-0.4, -0.2) is 39.1 Å². The molecule has 0 radical (unpaired) electrons. The summed E-state index contributed by atoms with van der Waals surface area (Å²) in [6, 6.07) is 2.22. The van der Waals surface area contributed by atoms with Gasteiger partial charge in [-0.05, 0) is 25.8 Å². The molecule has 88 valence electrons. The predicted molar refractivity (Wildman–Crippen MR) is 62.7 cm³/mol. The molecule has 1 aliphatic rings. The minimum absolute atomic E-state index is 0.0475. The lowest BCUT2D eigenvalue weighted by Gasteiger charge is -2.20. The topological polar surface area (TPSA) is 38.1 Å². The summed E-state index contributed by atoms with van der Waals surface area (Å²) in [6.07, 6.45) is 2.19. The molecule has 0 unspecified atom stereocenters. The predicted octanol–water partition coefficient (Wildman–Crippen LogP) is 1.57. The van der Waals surface area contributed by atoms with Crippen LogP contribution in [0.1, 0.15) is 29.0 Å². The number of aromatic nitrogens is 2. The number of aryl methyl sites for hydroxylation is 2. The molecule has 0 saturated heterocycles. The normalized spacial score (nSPS) is 15.2. The number of nitrogens with zero attached hydrogens (tertiary/aromatic N) is 3. The lowest BCUT2D eigenvalue weighted by atomic mass is 10.3. The number of carbonyl (C=O) groups excluding carboxylic acids is 1. The number of amides is 1. The van der Waals surface area contributed by atoms with Gasteiger partial charge in [-0.1, -0.05) is 0 Å². The highest BCUT2D eigenvalue weighted by Crippen LogP contribution is 2.28. The second-order valence-electron chi connectivity index (χ2n) is 4.21. The largest absolute Gasteiger partial charge is 0.333 e. The summed E-state index contributed by atoms with van der Waals surface area (Å²) in [4.78, 5) is 14.1. The number of carbonyl (C=O) groups is 1. The molecule has 1 fully saturated rings. The van der Waals surface area contributed by atoms with E-state index in [0.29, 0.717) is 24.2 Å². The van der Waals surface area contributed by atoms with Gasteiger partial charge in [-0.15, -0.1) is 11.6 Å². The van der Waals surface area contributed by atoms with Crippen molar-refractivity contribution >= 4 is 17.5 Å². The minimum atomic E-state index is 0.0475. The summed E-state index contributed by atoms with van der Waals surface area (Å²) < 4.78 is 1.64. The molecule has 0 aromatic carbocycles. The third kappa shape index (κ3) is 2.21. The van der Waals surface area contributed by atoms with Gasteiger partial charge in [0.1, 0.15) is 5.69 Å². The van der Waals surface area contributed by atoms with Crippen LogP contribution >= 0.6 is 11.6 Å². The standard InChI is InChI=1S/C11H16ClN3O/c1-8-7-10(14(2)13-8)11(16)15(6-5-12)9-3-4-9/h7,9H,3-6H2,1-2H3. The van der Waals surface area contributed by atoms with Gasteiger partial charge in [0.05, 0.1) is 5.69 Å². The maximum absolute atomic E-state index is 12.3.